The van der Waals surface area contributed by atoms with Gasteiger partial charge in [0.25, 0.3) is 0 Å². The van der Waals surface area contributed by atoms with Gasteiger partial charge in [-0.1, -0.05) is 62.7 Å². The molecule has 0 aromatic heterocycles. The lowest BCUT2D eigenvalue weighted by atomic mass is 9.81. The van der Waals surface area contributed by atoms with E-state index in [0.717, 1.165) is 18.4 Å². The predicted octanol–water partition coefficient (Wildman–Crippen LogP) is 6.07. The van der Waals surface area contributed by atoms with Crippen molar-refractivity contribution in [1.82, 2.24) is 5.32 Å². The zero-order valence-electron chi connectivity index (χ0n) is 16.7. The van der Waals surface area contributed by atoms with Gasteiger partial charge in [-0.15, -0.1) is 11.8 Å². The fourth-order valence-electron chi connectivity index (χ4n) is 4.02. The number of nitrogens with one attached hydrogen (secondary N) is 1. The van der Waals surface area contributed by atoms with Crippen molar-refractivity contribution >= 4 is 17.5 Å². The molecule has 0 spiro atoms. The van der Waals surface area contributed by atoms with Gasteiger partial charge in [0.1, 0.15) is 0 Å². The highest BCUT2D eigenvalue weighted by Crippen LogP contribution is 2.33. The van der Waals surface area contributed by atoms with Crippen molar-refractivity contribution < 1.29 is 4.79 Å². The first-order valence-electron chi connectivity index (χ1n) is 10.1. The van der Waals surface area contributed by atoms with E-state index in [2.05, 4.69) is 61.6 Å². The van der Waals surface area contributed by atoms with Gasteiger partial charge in [0, 0.05) is 21.8 Å². The zero-order valence-corrected chi connectivity index (χ0v) is 17.5. The third-order valence-corrected chi connectivity index (χ3v) is 6.35. The molecule has 1 N–H and O–H groups in total. The lowest BCUT2D eigenvalue weighted by Crippen LogP contribution is -2.43. The molecule has 1 saturated carbocycles. The second kappa shape index (κ2) is 9.57. The van der Waals surface area contributed by atoms with Gasteiger partial charge in [-0.25, -0.2) is 0 Å². The van der Waals surface area contributed by atoms with Crippen LogP contribution in [-0.2, 0) is 0 Å². The maximum absolute atomic E-state index is 12.8. The van der Waals surface area contributed by atoms with Gasteiger partial charge >= 0.3 is 0 Å². The van der Waals surface area contributed by atoms with Crippen LogP contribution >= 0.6 is 11.8 Å². The molecule has 0 heterocycles. The molecule has 144 valence electrons. The zero-order chi connectivity index (χ0) is 19.2. The molecule has 2 nitrogen and oxygen atoms in total. The number of ketones is 1. The van der Waals surface area contributed by atoms with Crippen molar-refractivity contribution in [2.24, 2.45) is 0 Å². The molecule has 0 bridgehead atoms. The Morgan fingerprint density at radius 2 is 1.70 bits per heavy atom. The van der Waals surface area contributed by atoms with Crippen molar-refractivity contribution in [1.29, 1.82) is 0 Å². The number of benzene rings is 2. The third-order valence-electron chi connectivity index (χ3n) is 5.33. The van der Waals surface area contributed by atoms with Gasteiger partial charge in [-0.3, -0.25) is 4.79 Å². The van der Waals surface area contributed by atoms with Crippen LogP contribution in [0, 0.1) is 0 Å². The minimum Gasteiger partial charge on any atom is -0.305 e. The van der Waals surface area contributed by atoms with Gasteiger partial charge in [0.05, 0.1) is 6.04 Å². The number of carbonyl (C=O) groups excluding carboxylic acids is 1. The predicted molar refractivity (Wildman–Crippen MR) is 116 cm³/mol. The first-order valence-corrected chi connectivity index (χ1v) is 11.0. The number of rotatable bonds is 7. The van der Waals surface area contributed by atoms with Crippen molar-refractivity contribution in [3.05, 3.63) is 65.7 Å². The number of thioether (sulfide) groups is 1. The van der Waals surface area contributed by atoms with Crippen LogP contribution in [0.5, 0.6) is 0 Å². The quantitative estimate of drug-likeness (QED) is 0.466. The van der Waals surface area contributed by atoms with Crippen LogP contribution < -0.4 is 5.32 Å². The van der Waals surface area contributed by atoms with E-state index in [0.29, 0.717) is 17.2 Å². The smallest absolute Gasteiger partial charge is 0.179 e. The fourth-order valence-corrected chi connectivity index (χ4v) is 4.86. The highest BCUT2D eigenvalue weighted by Gasteiger charge is 2.26. The Morgan fingerprint density at radius 3 is 2.37 bits per heavy atom. The first kappa shape index (κ1) is 20.2. The Morgan fingerprint density at radius 1 is 1.00 bits per heavy atom. The van der Waals surface area contributed by atoms with Crippen LogP contribution in [0.3, 0.4) is 0 Å². The van der Waals surface area contributed by atoms with E-state index in [1.807, 2.05) is 30.8 Å². The second-order valence-corrected chi connectivity index (χ2v) is 9.56. The SMILES string of the molecule is CC(C)Sc1ccc(C(=O)C(C)N[C@H]2CCC[C@@H](c3ccccc3)C2)cc1. The summed E-state index contributed by atoms with van der Waals surface area (Å²) in [5.74, 6) is 0.796. The monoisotopic (exact) mass is 381 g/mol. The molecule has 27 heavy (non-hydrogen) atoms. The number of hydrogen-bond acceptors (Lipinski definition) is 3. The standard InChI is InChI=1S/C24H31NOS/c1-17(2)27-23-14-12-20(13-15-23)24(26)18(3)25-22-11-7-10-21(16-22)19-8-5-4-6-9-19/h4-6,8-9,12-15,17-18,21-22,25H,7,10-11,16H2,1-3H3/t18?,21-,22+/m1/s1. The maximum atomic E-state index is 12.8. The molecule has 1 aliphatic rings. The molecule has 0 radical (unpaired) electrons. The highest BCUT2D eigenvalue weighted by atomic mass is 32.2. The lowest BCUT2D eigenvalue weighted by molar-refractivity contribution is 0.0939. The van der Waals surface area contributed by atoms with Crippen LogP contribution in [0.2, 0.25) is 0 Å². The van der Waals surface area contributed by atoms with Crippen molar-refractivity contribution in [3.63, 3.8) is 0 Å². The van der Waals surface area contributed by atoms with E-state index in [4.69, 9.17) is 0 Å². The fraction of sp³-hybridized carbons (Fsp3) is 0.458. The topological polar surface area (TPSA) is 29.1 Å². The summed E-state index contributed by atoms with van der Waals surface area (Å²) in [5, 5.41) is 4.16. The number of carbonyl (C=O) groups is 1. The summed E-state index contributed by atoms with van der Waals surface area (Å²) in [6, 6.07) is 19.1. The average molecular weight is 382 g/mol. The van der Waals surface area contributed by atoms with E-state index < -0.39 is 0 Å². The Hall–Kier alpha value is -1.58. The Labute approximate surface area is 168 Å². The average Bonchev–Trinajstić information content (AvgIpc) is 2.68. The van der Waals surface area contributed by atoms with E-state index in [1.54, 1.807) is 0 Å². The molecule has 1 aliphatic carbocycles. The molecule has 0 aliphatic heterocycles. The van der Waals surface area contributed by atoms with Crippen molar-refractivity contribution in [2.45, 2.75) is 74.6 Å². The molecular weight excluding hydrogens is 350 g/mol. The van der Waals surface area contributed by atoms with Gasteiger partial charge in [-0.05, 0) is 49.8 Å². The van der Waals surface area contributed by atoms with Crippen LogP contribution in [0.4, 0.5) is 0 Å². The van der Waals surface area contributed by atoms with E-state index in [1.165, 1.54) is 23.3 Å². The molecule has 3 atom stereocenters. The van der Waals surface area contributed by atoms with E-state index >= 15 is 0 Å². The minimum atomic E-state index is -0.145. The lowest BCUT2D eigenvalue weighted by Gasteiger charge is -2.32. The Kier molecular flexibility index (Phi) is 7.14. The van der Waals surface area contributed by atoms with Gasteiger partial charge < -0.3 is 5.32 Å². The first-order chi connectivity index (χ1) is 13.0. The molecule has 3 rings (SSSR count). The van der Waals surface area contributed by atoms with E-state index in [-0.39, 0.29) is 11.8 Å². The largest absolute Gasteiger partial charge is 0.305 e. The van der Waals surface area contributed by atoms with Gasteiger partial charge in [0.15, 0.2) is 5.78 Å². The van der Waals surface area contributed by atoms with Crippen molar-refractivity contribution in [3.8, 4) is 0 Å². The van der Waals surface area contributed by atoms with Crippen molar-refractivity contribution in [2.75, 3.05) is 0 Å². The number of hydrogen-bond donors (Lipinski definition) is 1. The summed E-state index contributed by atoms with van der Waals surface area (Å²) in [5.41, 5.74) is 2.24. The minimum absolute atomic E-state index is 0.145. The van der Waals surface area contributed by atoms with Crippen LogP contribution in [-0.4, -0.2) is 23.1 Å². The molecule has 1 unspecified atom stereocenters. The summed E-state index contributed by atoms with van der Waals surface area (Å²) in [6.07, 6.45) is 4.75. The van der Waals surface area contributed by atoms with Gasteiger partial charge in [-0.2, -0.15) is 0 Å². The maximum Gasteiger partial charge on any atom is 0.179 e. The normalized spacial score (nSPS) is 21.2. The molecule has 2 aromatic rings. The molecule has 0 amide bonds. The Balaban J connectivity index is 1.57. The summed E-state index contributed by atoms with van der Waals surface area (Å²) in [4.78, 5) is 14.1. The Bertz CT molecular complexity index is 726. The molecule has 1 fully saturated rings. The number of Topliss-reactive ketones (excluding diaryl/α,β-unsaturated/α-hetero) is 1. The van der Waals surface area contributed by atoms with Crippen LogP contribution in [0.15, 0.2) is 59.5 Å². The second-order valence-electron chi connectivity index (χ2n) is 7.91. The summed E-state index contributed by atoms with van der Waals surface area (Å²) in [6.45, 7) is 6.37. The summed E-state index contributed by atoms with van der Waals surface area (Å²) >= 11 is 1.83. The highest BCUT2D eigenvalue weighted by molar-refractivity contribution is 7.99. The van der Waals surface area contributed by atoms with Crippen LogP contribution in [0.25, 0.3) is 0 Å². The summed E-state index contributed by atoms with van der Waals surface area (Å²) < 4.78 is 0. The summed E-state index contributed by atoms with van der Waals surface area (Å²) in [7, 11) is 0. The molecule has 2 aromatic carbocycles. The molecule has 0 saturated heterocycles. The van der Waals surface area contributed by atoms with Crippen LogP contribution in [0.1, 0.15) is 68.3 Å². The van der Waals surface area contributed by atoms with E-state index in [9.17, 15) is 4.79 Å². The molecule has 3 heteroatoms. The third kappa shape index (κ3) is 5.70. The molecular formula is C24H31NOS. The van der Waals surface area contributed by atoms with Gasteiger partial charge in [0.2, 0.25) is 0 Å².